The van der Waals surface area contributed by atoms with Crippen LogP contribution in [0.15, 0.2) is 18.2 Å². The first-order chi connectivity index (χ1) is 10.5. The zero-order chi connectivity index (χ0) is 15.7. The van der Waals surface area contributed by atoms with Crippen molar-refractivity contribution in [1.82, 2.24) is 14.9 Å². The Morgan fingerprint density at radius 1 is 1.45 bits per heavy atom. The maximum Gasteiger partial charge on any atom is 0.265 e. The van der Waals surface area contributed by atoms with Gasteiger partial charge in [0.2, 0.25) is 0 Å². The van der Waals surface area contributed by atoms with Gasteiger partial charge in [0.25, 0.3) is 5.91 Å². The van der Waals surface area contributed by atoms with E-state index in [-0.39, 0.29) is 11.9 Å². The third-order valence-electron chi connectivity index (χ3n) is 3.63. The minimum absolute atomic E-state index is 0.0848. The van der Waals surface area contributed by atoms with Gasteiger partial charge in [-0.15, -0.1) is 5.10 Å². The van der Waals surface area contributed by atoms with Gasteiger partial charge in [-0.3, -0.25) is 4.79 Å². The summed E-state index contributed by atoms with van der Waals surface area (Å²) in [6, 6.07) is 3.44. The normalized spacial score (nSPS) is 17.8. The fourth-order valence-corrected chi connectivity index (χ4v) is 3.08. The van der Waals surface area contributed by atoms with E-state index in [0.717, 1.165) is 17.6 Å². The summed E-state index contributed by atoms with van der Waals surface area (Å²) in [6.45, 7) is 2.82. The quantitative estimate of drug-likeness (QED) is 0.940. The molecule has 0 bridgehead atoms. The van der Waals surface area contributed by atoms with Crippen LogP contribution in [0.2, 0.25) is 0 Å². The second-order valence-corrected chi connectivity index (χ2v) is 5.94. The number of rotatable bonds is 3. The Balaban J connectivity index is 1.65. The van der Waals surface area contributed by atoms with Crippen LogP contribution < -0.4 is 10.2 Å². The second kappa shape index (κ2) is 5.96. The standard InChI is InChI=1S/C14H14F2N4OS/c1-8-13(22-19-18-8)14(21)17-10-4-5-20(7-10)12-3-2-9(15)6-11(12)16/h2-3,6,10H,4-5,7H2,1H3,(H,17,21)/t10-/m1/s1. The minimum atomic E-state index is -0.599. The molecule has 1 aliphatic heterocycles. The Hall–Kier alpha value is -2.09. The van der Waals surface area contributed by atoms with Crippen LogP contribution in [0.25, 0.3) is 0 Å². The van der Waals surface area contributed by atoms with Gasteiger partial charge in [-0.25, -0.2) is 8.78 Å². The van der Waals surface area contributed by atoms with Crippen molar-refractivity contribution in [1.29, 1.82) is 0 Å². The zero-order valence-corrected chi connectivity index (χ0v) is 12.7. The lowest BCUT2D eigenvalue weighted by Gasteiger charge is -2.19. The molecule has 2 heterocycles. The van der Waals surface area contributed by atoms with Gasteiger partial charge < -0.3 is 10.2 Å². The van der Waals surface area contributed by atoms with Crippen LogP contribution in [0.3, 0.4) is 0 Å². The molecule has 22 heavy (non-hydrogen) atoms. The number of aryl methyl sites for hydroxylation is 1. The largest absolute Gasteiger partial charge is 0.367 e. The van der Waals surface area contributed by atoms with Crippen LogP contribution >= 0.6 is 11.5 Å². The predicted octanol–water partition coefficient (Wildman–Crippen LogP) is 2.13. The molecule has 0 saturated carbocycles. The van der Waals surface area contributed by atoms with Crippen molar-refractivity contribution in [2.75, 3.05) is 18.0 Å². The van der Waals surface area contributed by atoms with E-state index in [4.69, 9.17) is 0 Å². The highest BCUT2D eigenvalue weighted by Gasteiger charge is 2.27. The molecule has 1 aromatic heterocycles. The molecular weight excluding hydrogens is 310 g/mol. The van der Waals surface area contributed by atoms with Gasteiger partial charge in [0.15, 0.2) is 0 Å². The lowest BCUT2D eigenvalue weighted by Crippen LogP contribution is -2.37. The molecule has 2 aromatic rings. The third-order valence-corrected chi connectivity index (χ3v) is 4.46. The van der Waals surface area contributed by atoms with Crippen molar-refractivity contribution < 1.29 is 13.6 Å². The van der Waals surface area contributed by atoms with Gasteiger partial charge >= 0.3 is 0 Å². The van der Waals surface area contributed by atoms with E-state index in [1.54, 1.807) is 11.8 Å². The average Bonchev–Trinajstić information content (AvgIpc) is 3.08. The molecule has 0 aliphatic carbocycles. The predicted molar refractivity (Wildman–Crippen MR) is 79.1 cm³/mol. The molecule has 1 aliphatic rings. The number of nitrogens with one attached hydrogen (secondary N) is 1. The minimum Gasteiger partial charge on any atom is -0.367 e. The van der Waals surface area contributed by atoms with Gasteiger partial charge in [0, 0.05) is 25.2 Å². The molecule has 0 unspecified atom stereocenters. The van der Waals surface area contributed by atoms with Crippen LogP contribution in [0, 0.1) is 18.6 Å². The number of nitrogens with zero attached hydrogens (tertiary/aromatic N) is 3. The third kappa shape index (κ3) is 2.92. The molecule has 5 nitrogen and oxygen atoms in total. The summed E-state index contributed by atoms with van der Waals surface area (Å²) < 4.78 is 30.5. The van der Waals surface area contributed by atoms with E-state index in [1.807, 2.05) is 0 Å². The van der Waals surface area contributed by atoms with Crippen LogP contribution in [0.5, 0.6) is 0 Å². The Kier molecular flexibility index (Phi) is 4.02. The first-order valence-electron chi connectivity index (χ1n) is 6.84. The Bertz CT molecular complexity index is 706. The SMILES string of the molecule is Cc1nnsc1C(=O)N[C@@H]1CCN(c2ccc(F)cc2F)C1. The van der Waals surface area contributed by atoms with Gasteiger partial charge in [0.1, 0.15) is 16.5 Å². The highest BCUT2D eigenvalue weighted by atomic mass is 32.1. The number of hydrogen-bond donors (Lipinski definition) is 1. The fourth-order valence-electron chi connectivity index (χ4n) is 2.53. The molecule has 8 heteroatoms. The first-order valence-corrected chi connectivity index (χ1v) is 7.62. The number of halogens is 2. The van der Waals surface area contributed by atoms with E-state index < -0.39 is 11.6 Å². The van der Waals surface area contributed by atoms with Crippen molar-refractivity contribution in [3.8, 4) is 0 Å². The second-order valence-electron chi connectivity index (χ2n) is 5.19. The zero-order valence-electron chi connectivity index (χ0n) is 11.8. The van der Waals surface area contributed by atoms with E-state index in [2.05, 4.69) is 14.9 Å². The van der Waals surface area contributed by atoms with E-state index in [9.17, 15) is 13.6 Å². The molecular formula is C14H14F2N4OS. The molecule has 1 saturated heterocycles. The van der Waals surface area contributed by atoms with Crippen LogP contribution in [0.4, 0.5) is 14.5 Å². The molecule has 1 aromatic carbocycles. The maximum absolute atomic E-state index is 13.8. The number of hydrogen-bond acceptors (Lipinski definition) is 5. The molecule has 1 atom stereocenters. The van der Waals surface area contributed by atoms with Gasteiger partial charge in [-0.2, -0.15) is 0 Å². The molecule has 0 spiro atoms. The van der Waals surface area contributed by atoms with E-state index in [0.29, 0.717) is 35.8 Å². The number of aromatic nitrogens is 2. The van der Waals surface area contributed by atoms with Crippen molar-refractivity contribution in [3.63, 3.8) is 0 Å². The average molecular weight is 324 g/mol. The summed E-state index contributed by atoms with van der Waals surface area (Å²) >= 11 is 1.05. The molecule has 3 rings (SSSR count). The summed E-state index contributed by atoms with van der Waals surface area (Å²) in [5.74, 6) is -1.40. The monoisotopic (exact) mass is 324 g/mol. The van der Waals surface area contributed by atoms with Crippen LogP contribution in [-0.2, 0) is 0 Å². The first kappa shape index (κ1) is 14.8. The fraction of sp³-hybridized carbons (Fsp3) is 0.357. The molecule has 1 amide bonds. The molecule has 1 N–H and O–H groups in total. The highest BCUT2D eigenvalue weighted by Crippen LogP contribution is 2.24. The van der Waals surface area contributed by atoms with Crippen molar-refractivity contribution in [2.24, 2.45) is 0 Å². The summed E-state index contributed by atoms with van der Waals surface area (Å²) in [5, 5.41) is 6.71. The van der Waals surface area contributed by atoms with Crippen LogP contribution in [0.1, 0.15) is 21.8 Å². The Morgan fingerprint density at radius 3 is 2.95 bits per heavy atom. The lowest BCUT2D eigenvalue weighted by atomic mass is 10.2. The van der Waals surface area contributed by atoms with Crippen molar-refractivity contribution >= 4 is 23.1 Å². The van der Waals surface area contributed by atoms with E-state index >= 15 is 0 Å². The summed E-state index contributed by atoms with van der Waals surface area (Å²) in [7, 11) is 0. The van der Waals surface area contributed by atoms with E-state index in [1.165, 1.54) is 12.1 Å². The number of carbonyl (C=O) groups excluding carboxylic acids is 1. The van der Waals surface area contributed by atoms with Crippen LogP contribution in [-0.4, -0.2) is 34.6 Å². The lowest BCUT2D eigenvalue weighted by molar-refractivity contribution is 0.0943. The number of carbonyl (C=O) groups is 1. The van der Waals surface area contributed by atoms with Gasteiger partial charge in [-0.05, 0) is 37.0 Å². The topological polar surface area (TPSA) is 58.1 Å². The van der Waals surface area contributed by atoms with Gasteiger partial charge in [-0.1, -0.05) is 4.49 Å². The number of benzene rings is 1. The Morgan fingerprint density at radius 2 is 2.27 bits per heavy atom. The molecule has 1 fully saturated rings. The molecule has 116 valence electrons. The molecule has 0 radical (unpaired) electrons. The number of anilines is 1. The maximum atomic E-state index is 13.8. The Labute approximate surface area is 130 Å². The summed E-state index contributed by atoms with van der Waals surface area (Å²) in [6.07, 6.45) is 0.702. The number of amides is 1. The van der Waals surface area contributed by atoms with Crippen molar-refractivity contribution in [2.45, 2.75) is 19.4 Å². The van der Waals surface area contributed by atoms with Gasteiger partial charge in [0.05, 0.1) is 11.4 Å². The smallest absolute Gasteiger partial charge is 0.265 e. The summed E-state index contributed by atoms with van der Waals surface area (Å²) in [5.41, 5.74) is 0.954. The summed E-state index contributed by atoms with van der Waals surface area (Å²) in [4.78, 5) is 14.4. The van der Waals surface area contributed by atoms with Crippen molar-refractivity contribution in [3.05, 3.63) is 40.4 Å². The highest BCUT2D eigenvalue weighted by molar-refractivity contribution is 7.08.